The van der Waals surface area contributed by atoms with Gasteiger partial charge in [0.05, 0.1) is 6.07 Å². The zero-order valence-electron chi connectivity index (χ0n) is 12.1. The predicted octanol–water partition coefficient (Wildman–Crippen LogP) is 3.39. The Balaban J connectivity index is 2.21. The van der Waals surface area contributed by atoms with E-state index in [9.17, 15) is 5.26 Å². The second kappa shape index (κ2) is 7.83. The Kier molecular flexibility index (Phi) is 6.76. The highest BCUT2D eigenvalue weighted by Crippen LogP contribution is 2.23. The van der Waals surface area contributed by atoms with E-state index in [2.05, 4.69) is 35.4 Å². The highest BCUT2D eigenvalue weighted by molar-refractivity contribution is 8.01. The van der Waals surface area contributed by atoms with Crippen molar-refractivity contribution in [3.63, 3.8) is 0 Å². The number of nitrogens with zero attached hydrogens (tertiary/aromatic N) is 3. The Bertz CT molecular complexity index is 425. The van der Waals surface area contributed by atoms with Crippen LogP contribution in [0.5, 0.6) is 0 Å². The van der Waals surface area contributed by atoms with Crippen molar-refractivity contribution in [2.45, 2.75) is 62.9 Å². The van der Waals surface area contributed by atoms with Gasteiger partial charge in [-0.15, -0.1) is 10.2 Å². The molecule has 4 nitrogen and oxygen atoms in total. The van der Waals surface area contributed by atoms with Crippen LogP contribution in [-0.4, -0.2) is 27.5 Å². The maximum absolute atomic E-state index is 9.24. The zero-order valence-corrected chi connectivity index (χ0v) is 13.7. The van der Waals surface area contributed by atoms with Crippen LogP contribution in [0.3, 0.4) is 0 Å². The number of unbranched alkanes of at least 4 members (excludes halogenated alkanes) is 1. The molecule has 1 aromatic heterocycles. The molecule has 0 saturated heterocycles. The van der Waals surface area contributed by atoms with Gasteiger partial charge in [-0.3, -0.25) is 5.32 Å². The van der Waals surface area contributed by atoms with E-state index in [0.717, 1.165) is 34.4 Å². The van der Waals surface area contributed by atoms with Crippen molar-refractivity contribution < 1.29 is 0 Å². The summed E-state index contributed by atoms with van der Waals surface area (Å²) in [6, 6.07) is 2.72. The molecule has 0 radical (unpaired) electrons. The van der Waals surface area contributed by atoms with Crippen molar-refractivity contribution in [3.05, 3.63) is 5.01 Å². The van der Waals surface area contributed by atoms with Crippen LogP contribution in [0.4, 0.5) is 0 Å². The molecule has 0 aliphatic heterocycles. The van der Waals surface area contributed by atoms with E-state index in [1.54, 1.807) is 23.1 Å². The minimum Gasteiger partial charge on any atom is -0.297 e. The number of nitriles is 1. The third-order valence-electron chi connectivity index (χ3n) is 2.66. The van der Waals surface area contributed by atoms with Gasteiger partial charge in [0.15, 0.2) is 4.34 Å². The monoisotopic (exact) mass is 298 g/mol. The molecular formula is C13H22N4S2. The second-order valence-electron chi connectivity index (χ2n) is 5.14. The van der Waals surface area contributed by atoms with E-state index >= 15 is 0 Å². The number of nitrogens with one attached hydrogen (secondary N) is 1. The maximum atomic E-state index is 9.24. The molecule has 1 N–H and O–H groups in total. The van der Waals surface area contributed by atoms with Crippen LogP contribution in [0.2, 0.25) is 0 Å². The first-order valence-electron chi connectivity index (χ1n) is 6.57. The molecule has 1 heterocycles. The van der Waals surface area contributed by atoms with E-state index in [-0.39, 0.29) is 0 Å². The summed E-state index contributed by atoms with van der Waals surface area (Å²) in [5, 5.41) is 21.7. The highest BCUT2D eigenvalue weighted by Gasteiger charge is 2.23. The largest absolute Gasteiger partial charge is 0.297 e. The second-order valence-corrected chi connectivity index (χ2v) is 7.66. The Hall–Kier alpha value is -0.640. The topological polar surface area (TPSA) is 61.6 Å². The first-order chi connectivity index (χ1) is 8.95. The van der Waals surface area contributed by atoms with Gasteiger partial charge in [0.1, 0.15) is 10.5 Å². The minimum atomic E-state index is -0.405. The molecule has 0 aliphatic rings. The smallest absolute Gasteiger partial charge is 0.174 e. The number of hydrogen-bond acceptors (Lipinski definition) is 6. The van der Waals surface area contributed by atoms with Crippen molar-refractivity contribution in [3.8, 4) is 6.07 Å². The van der Waals surface area contributed by atoms with Crippen molar-refractivity contribution >= 4 is 23.1 Å². The average Bonchev–Trinajstić information content (AvgIpc) is 2.74. The number of rotatable bonds is 8. The van der Waals surface area contributed by atoms with Crippen molar-refractivity contribution in [1.29, 1.82) is 5.26 Å². The Labute approximate surface area is 124 Å². The summed E-state index contributed by atoms with van der Waals surface area (Å²) in [7, 11) is 0. The van der Waals surface area contributed by atoms with Gasteiger partial charge in [0, 0.05) is 11.8 Å². The van der Waals surface area contributed by atoms with Gasteiger partial charge in [-0.2, -0.15) is 5.26 Å². The van der Waals surface area contributed by atoms with Crippen LogP contribution in [0, 0.1) is 18.3 Å². The lowest BCUT2D eigenvalue weighted by atomic mass is 9.96. The van der Waals surface area contributed by atoms with Gasteiger partial charge >= 0.3 is 0 Å². The lowest BCUT2D eigenvalue weighted by Gasteiger charge is -2.25. The molecule has 0 spiro atoms. The van der Waals surface area contributed by atoms with Crippen LogP contribution < -0.4 is 5.32 Å². The molecule has 0 amide bonds. The van der Waals surface area contributed by atoms with E-state index < -0.39 is 5.54 Å². The Morgan fingerprint density at radius 1 is 1.42 bits per heavy atom. The molecule has 0 fully saturated rings. The van der Waals surface area contributed by atoms with Crippen LogP contribution in [0.15, 0.2) is 4.34 Å². The number of hydrogen-bond donors (Lipinski definition) is 1. The van der Waals surface area contributed by atoms with Crippen LogP contribution in [-0.2, 0) is 0 Å². The van der Waals surface area contributed by atoms with Gasteiger partial charge < -0.3 is 0 Å². The fourth-order valence-electron chi connectivity index (χ4n) is 1.87. The molecule has 19 heavy (non-hydrogen) atoms. The normalized spacial score (nSPS) is 14.3. The zero-order chi connectivity index (χ0) is 14.3. The molecule has 6 heteroatoms. The van der Waals surface area contributed by atoms with Crippen LogP contribution >= 0.6 is 23.1 Å². The Morgan fingerprint density at radius 2 is 2.16 bits per heavy atom. The fraction of sp³-hybridized carbons (Fsp3) is 0.769. The minimum absolute atomic E-state index is 0.336. The van der Waals surface area contributed by atoms with E-state index in [4.69, 9.17) is 0 Å². The van der Waals surface area contributed by atoms with Crippen LogP contribution in [0.1, 0.15) is 45.0 Å². The molecule has 0 bridgehead atoms. The van der Waals surface area contributed by atoms with Crippen molar-refractivity contribution in [1.82, 2.24) is 15.5 Å². The van der Waals surface area contributed by atoms with Gasteiger partial charge in [0.25, 0.3) is 0 Å². The van der Waals surface area contributed by atoms with Crippen LogP contribution in [0.25, 0.3) is 0 Å². The van der Waals surface area contributed by atoms with Gasteiger partial charge in [-0.1, -0.05) is 23.1 Å². The van der Waals surface area contributed by atoms with Gasteiger partial charge in [-0.25, -0.2) is 0 Å². The summed E-state index contributed by atoms with van der Waals surface area (Å²) in [4.78, 5) is 0. The van der Waals surface area contributed by atoms with E-state index in [1.807, 2.05) is 13.8 Å². The molecule has 106 valence electrons. The molecule has 0 aromatic carbocycles. The van der Waals surface area contributed by atoms with Gasteiger partial charge in [0.2, 0.25) is 0 Å². The third-order valence-corrected chi connectivity index (χ3v) is 4.72. The first kappa shape index (κ1) is 16.4. The number of aromatic nitrogens is 2. The predicted molar refractivity (Wildman–Crippen MR) is 81.5 cm³/mol. The number of thioether (sulfide) groups is 1. The molecule has 1 rings (SSSR count). The summed E-state index contributed by atoms with van der Waals surface area (Å²) in [6.45, 7) is 8.10. The molecule has 1 aromatic rings. The standard InChI is InChI=1S/C13H22N4S2/c1-10(2)15-13(4,9-14)7-5-6-8-18-12-17-16-11(3)19-12/h10,15H,5-8H2,1-4H3. The molecule has 0 aliphatic carbocycles. The molecule has 1 atom stereocenters. The number of aryl methyl sites for hydroxylation is 1. The Morgan fingerprint density at radius 3 is 2.68 bits per heavy atom. The quantitative estimate of drug-likeness (QED) is 0.589. The summed E-state index contributed by atoms with van der Waals surface area (Å²) in [5.41, 5.74) is -0.405. The summed E-state index contributed by atoms with van der Waals surface area (Å²) in [6.07, 6.45) is 3.03. The molecule has 1 unspecified atom stereocenters. The summed E-state index contributed by atoms with van der Waals surface area (Å²) < 4.78 is 1.04. The lowest BCUT2D eigenvalue weighted by molar-refractivity contribution is 0.372. The SMILES string of the molecule is Cc1nnc(SCCCCC(C)(C#N)NC(C)C)s1. The average molecular weight is 298 g/mol. The summed E-state index contributed by atoms with van der Waals surface area (Å²) >= 11 is 3.40. The third kappa shape index (κ3) is 6.37. The molecular weight excluding hydrogens is 276 g/mol. The van der Waals surface area contributed by atoms with Crippen molar-refractivity contribution in [2.75, 3.05) is 5.75 Å². The highest BCUT2D eigenvalue weighted by atomic mass is 32.2. The van der Waals surface area contributed by atoms with E-state index in [1.165, 1.54) is 0 Å². The lowest BCUT2D eigenvalue weighted by Crippen LogP contribution is -2.44. The van der Waals surface area contributed by atoms with Crippen molar-refractivity contribution in [2.24, 2.45) is 0 Å². The first-order valence-corrected chi connectivity index (χ1v) is 8.37. The summed E-state index contributed by atoms with van der Waals surface area (Å²) in [5.74, 6) is 1.04. The molecule has 0 saturated carbocycles. The van der Waals surface area contributed by atoms with E-state index in [0.29, 0.717) is 6.04 Å². The van der Waals surface area contributed by atoms with Gasteiger partial charge in [-0.05, 0) is 47.0 Å². The maximum Gasteiger partial charge on any atom is 0.174 e. The fourth-order valence-corrected chi connectivity index (χ4v) is 3.76.